The van der Waals surface area contributed by atoms with Crippen molar-refractivity contribution < 1.29 is 9.52 Å². The number of hydrogen-bond donors (Lipinski definition) is 2. The Bertz CT molecular complexity index is 477. The fraction of sp³-hybridized carbons (Fsp3) is 0.182. The van der Waals surface area contributed by atoms with Gasteiger partial charge in [-0.1, -0.05) is 12.1 Å². The first-order chi connectivity index (χ1) is 7.20. The first-order valence-corrected chi connectivity index (χ1v) is 4.66. The van der Waals surface area contributed by atoms with Gasteiger partial charge in [0.2, 0.25) is 5.89 Å². The Kier molecular flexibility index (Phi) is 2.43. The number of phenols is 1. The molecule has 0 spiro atoms. The van der Waals surface area contributed by atoms with Gasteiger partial charge in [0.25, 0.3) is 0 Å². The number of nitrogens with two attached hydrogens (primary N) is 1. The van der Waals surface area contributed by atoms with Crippen LogP contribution in [0.2, 0.25) is 0 Å². The molecule has 0 aliphatic rings. The van der Waals surface area contributed by atoms with Crippen molar-refractivity contribution in [2.24, 2.45) is 5.73 Å². The molecule has 3 N–H and O–H groups in total. The molecule has 0 aliphatic heterocycles. The summed E-state index contributed by atoms with van der Waals surface area (Å²) in [5.74, 6) is 1.37. The maximum Gasteiger partial charge on any atom is 0.208 e. The van der Waals surface area contributed by atoms with Crippen molar-refractivity contribution in [3.05, 3.63) is 35.9 Å². The molecule has 4 heteroatoms. The van der Waals surface area contributed by atoms with Gasteiger partial charge in [0.05, 0.1) is 12.2 Å². The largest absolute Gasteiger partial charge is 0.508 e. The Morgan fingerprint density at radius 2 is 2.27 bits per heavy atom. The van der Waals surface area contributed by atoms with Crippen LogP contribution in [0.15, 0.2) is 28.7 Å². The number of hydrogen-bond acceptors (Lipinski definition) is 4. The fourth-order valence-corrected chi connectivity index (χ4v) is 1.45. The summed E-state index contributed by atoms with van der Waals surface area (Å²) in [4.78, 5) is 4.16. The molecule has 1 heterocycles. The molecule has 0 bridgehead atoms. The smallest absolute Gasteiger partial charge is 0.208 e. The van der Waals surface area contributed by atoms with Gasteiger partial charge in [-0.15, -0.1) is 0 Å². The summed E-state index contributed by atoms with van der Waals surface area (Å²) in [6.45, 7) is 2.13. The van der Waals surface area contributed by atoms with Gasteiger partial charge >= 0.3 is 0 Å². The van der Waals surface area contributed by atoms with Crippen LogP contribution < -0.4 is 5.73 Å². The summed E-state index contributed by atoms with van der Waals surface area (Å²) in [6.07, 6.45) is 0. The molecule has 0 unspecified atom stereocenters. The molecule has 0 aliphatic carbocycles. The van der Waals surface area contributed by atoms with E-state index in [0.717, 1.165) is 11.3 Å². The third-order valence-corrected chi connectivity index (χ3v) is 2.12. The minimum Gasteiger partial charge on any atom is -0.508 e. The second-order valence-corrected chi connectivity index (χ2v) is 3.28. The second kappa shape index (κ2) is 3.74. The van der Waals surface area contributed by atoms with E-state index in [1.54, 1.807) is 18.2 Å². The van der Waals surface area contributed by atoms with Crippen molar-refractivity contribution in [1.29, 1.82) is 0 Å². The topological polar surface area (TPSA) is 72.3 Å². The monoisotopic (exact) mass is 204 g/mol. The first kappa shape index (κ1) is 9.73. The van der Waals surface area contributed by atoms with Gasteiger partial charge in [-0.05, 0) is 19.1 Å². The third-order valence-electron chi connectivity index (χ3n) is 2.12. The van der Waals surface area contributed by atoms with E-state index < -0.39 is 0 Å². The van der Waals surface area contributed by atoms with Crippen LogP contribution in [0.4, 0.5) is 0 Å². The molecule has 0 radical (unpaired) electrons. The number of benzene rings is 1. The molecular formula is C11H12N2O2. The van der Waals surface area contributed by atoms with E-state index in [1.165, 1.54) is 0 Å². The van der Waals surface area contributed by atoms with Crippen LogP contribution >= 0.6 is 0 Å². The van der Waals surface area contributed by atoms with E-state index in [2.05, 4.69) is 4.98 Å². The standard InChI is InChI=1S/C11H12N2O2/c1-7-11(15-10(6-12)13-7)8-3-2-4-9(14)5-8/h2-5,14H,6,12H2,1H3. The average molecular weight is 204 g/mol. The number of aromatic hydroxyl groups is 1. The lowest BCUT2D eigenvalue weighted by atomic mass is 10.1. The minimum absolute atomic E-state index is 0.206. The number of nitrogens with zero attached hydrogens (tertiary/aromatic N) is 1. The summed E-state index contributed by atoms with van der Waals surface area (Å²) in [7, 11) is 0. The van der Waals surface area contributed by atoms with E-state index in [0.29, 0.717) is 11.7 Å². The van der Waals surface area contributed by atoms with Gasteiger partial charge in [0.15, 0.2) is 5.76 Å². The molecule has 1 aromatic heterocycles. The normalized spacial score (nSPS) is 10.5. The molecule has 0 saturated heterocycles. The quantitative estimate of drug-likeness (QED) is 0.782. The summed E-state index contributed by atoms with van der Waals surface area (Å²) in [5.41, 5.74) is 7.02. The van der Waals surface area contributed by atoms with Gasteiger partial charge in [0.1, 0.15) is 5.75 Å². The zero-order valence-electron chi connectivity index (χ0n) is 8.40. The van der Waals surface area contributed by atoms with E-state index in [4.69, 9.17) is 10.2 Å². The number of phenolic OH excluding ortho intramolecular Hbond substituents is 1. The van der Waals surface area contributed by atoms with Crippen LogP contribution in [-0.4, -0.2) is 10.1 Å². The molecule has 0 amide bonds. The van der Waals surface area contributed by atoms with Gasteiger partial charge in [-0.2, -0.15) is 0 Å². The van der Waals surface area contributed by atoms with Gasteiger partial charge in [-0.25, -0.2) is 4.98 Å². The highest BCUT2D eigenvalue weighted by atomic mass is 16.4. The zero-order chi connectivity index (χ0) is 10.8. The highest BCUT2D eigenvalue weighted by Crippen LogP contribution is 2.26. The van der Waals surface area contributed by atoms with E-state index in [9.17, 15) is 5.11 Å². The first-order valence-electron chi connectivity index (χ1n) is 4.66. The Hall–Kier alpha value is -1.81. The van der Waals surface area contributed by atoms with Crippen LogP contribution in [-0.2, 0) is 6.54 Å². The third kappa shape index (κ3) is 1.85. The average Bonchev–Trinajstić information content (AvgIpc) is 2.60. The molecule has 4 nitrogen and oxygen atoms in total. The lowest BCUT2D eigenvalue weighted by Crippen LogP contribution is -1.95. The molecular weight excluding hydrogens is 192 g/mol. The second-order valence-electron chi connectivity index (χ2n) is 3.28. The Labute approximate surface area is 87.4 Å². The summed E-state index contributed by atoms with van der Waals surface area (Å²) in [5, 5.41) is 9.34. The number of aryl methyl sites for hydroxylation is 1. The zero-order valence-corrected chi connectivity index (χ0v) is 8.40. The van der Waals surface area contributed by atoms with Crippen molar-refractivity contribution in [2.45, 2.75) is 13.5 Å². The van der Waals surface area contributed by atoms with Crippen LogP contribution in [0.5, 0.6) is 5.75 Å². The summed E-state index contributed by atoms with van der Waals surface area (Å²) < 4.78 is 5.46. The van der Waals surface area contributed by atoms with Crippen molar-refractivity contribution in [3.63, 3.8) is 0 Å². The van der Waals surface area contributed by atoms with E-state index >= 15 is 0 Å². The predicted molar refractivity (Wildman–Crippen MR) is 56.2 cm³/mol. The van der Waals surface area contributed by atoms with Gasteiger partial charge in [0, 0.05) is 5.56 Å². The van der Waals surface area contributed by atoms with Crippen molar-refractivity contribution in [2.75, 3.05) is 0 Å². The maximum absolute atomic E-state index is 9.34. The van der Waals surface area contributed by atoms with Crippen LogP contribution in [0, 0.1) is 6.92 Å². The SMILES string of the molecule is Cc1nc(CN)oc1-c1cccc(O)c1. The lowest BCUT2D eigenvalue weighted by molar-refractivity contribution is 0.474. The van der Waals surface area contributed by atoms with Gasteiger partial charge < -0.3 is 15.3 Å². The molecule has 0 atom stereocenters. The Balaban J connectivity index is 2.48. The van der Waals surface area contributed by atoms with Crippen LogP contribution in [0.3, 0.4) is 0 Å². The maximum atomic E-state index is 9.34. The van der Waals surface area contributed by atoms with Gasteiger partial charge in [-0.3, -0.25) is 0 Å². The minimum atomic E-state index is 0.206. The fourth-order valence-electron chi connectivity index (χ4n) is 1.45. The van der Waals surface area contributed by atoms with E-state index in [1.807, 2.05) is 13.0 Å². The summed E-state index contributed by atoms with van der Waals surface area (Å²) in [6, 6.07) is 6.86. The van der Waals surface area contributed by atoms with E-state index in [-0.39, 0.29) is 12.3 Å². The molecule has 1 aromatic carbocycles. The highest BCUT2D eigenvalue weighted by Gasteiger charge is 2.10. The van der Waals surface area contributed by atoms with Crippen molar-refractivity contribution in [3.8, 4) is 17.1 Å². The Morgan fingerprint density at radius 3 is 2.87 bits per heavy atom. The number of aromatic nitrogens is 1. The predicted octanol–water partition coefficient (Wildman–Crippen LogP) is 1.81. The Morgan fingerprint density at radius 1 is 1.47 bits per heavy atom. The molecule has 2 rings (SSSR count). The molecule has 2 aromatic rings. The molecule has 0 fully saturated rings. The summed E-state index contributed by atoms with van der Waals surface area (Å²) >= 11 is 0. The molecule has 15 heavy (non-hydrogen) atoms. The lowest BCUT2D eigenvalue weighted by Gasteiger charge is -1.98. The van der Waals surface area contributed by atoms with Crippen LogP contribution in [0.25, 0.3) is 11.3 Å². The number of oxazole rings is 1. The molecule has 0 saturated carbocycles. The molecule has 78 valence electrons. The number of rotatable bonds is 2. The van der Waals surface area contributed by atoms with Crippen LogP contribution in [0.1, 0.15) is 11.6 Å². The van der Waals surface area contributed by atoms with Crippen molar-refractivity contribution >= 4 is 0 Å². The highest BCUT2D eigenvalue weighted by molar-refractivity contribution is 5.61. The van der Waals surface area contributed by atoms with Crippen molar-refractivity contribution in [1.82, 2.24) is 4.98 Å².